The van der Waals surface area contributed by atoms with Crippen molar-refractivity contribution in [3.8, 4) is 28.3 Å². The topological polar surface area (TPSA) is 125 Å². The normalized spacial score (nSPS) is 12.6. The summed E-state index contributed by atoms with van der Waals surface area (Å²) in [5.74, 6) is -1.44. The molecule has 0 unspecified atom stereocenters. The van der Waals surface area contributed by atoms with Crippen LogP contribution in [0.4, 0.5) is 10.1 Å². The average Bonchev–Trinajstić information content (AvgIpc) is 3.36. The van der Waals surface area contributed by atoms with E-state index in [9.17, 15) is 29.5 Å². The predicted molar refractivity (Wildman–Crippen MR) is 167 cm³/mol. The van der Waals surface area contributed by atoms with Crippen molar-refractivity contribution in [3.05, 3.63) is 108 Å². The van der Waals surface area contributed by atoms with Crippen molar-refractivity contribution in [2.24, 2.45) is 0 Å². The maximum absolute atomic E-state index is 14.2. The summed E-state index contributed by atoms with van der Waals surface area (Å²) in [6, 6.07) is 23.7. The molecule has 4 aromatic rings. The van der Waals surface area contributed by atoms with Gasteiger partial charge in [-0.15, -0.1) is 0 Å². The number of carbonyl (C=O) groups is 2. The monoisotopic (exact) mass is 595 g/mol. The molecule has 0 spiro atoms. The lowest BCUT2D eigenvalue weighted by Gasteiger charge is -2.17. The summed E-state index contributed by atoms with van der Waals surface area (Å²) in [4.78, 5) is 25.7. The smallest absolute Gasteiger partial charge is 0.308 e. The van der Waals surface area contributed by atoms with E-state index in [0.29, 0.717) is 39.3 Å². The summed E-state index contributed by atoms with van der Waals surface area (Å²) in [6.45, 7) is 3.84. The zero-order valence-electron chi connectivity index (χ0n) is 24.7. The number of rotatable bonds is 11. The molecule has 1 heterocycles. The van der Waals surface area contributed by atoms with Gasteiger partial charge in [0, 0.05) is 35.0 Å². The first-order chi connectivity index (χ1) is 21.1. The molecule has 0 fully saturated rings. The zero-order valence-corrected chi connectivity index (χ0v) is 24.7. The van der Waals surface area contributed by atoms with Crippen LogP contribution in [-0.2, 0) is 9.53 Å². The van der Waals surface area contributed by atoms with Crippen LogP contribution in [0.25, 0.3) is 28.3 Å². The number of methoxy groups -OCH3 is 1. The molecule has 226 valence electrons. The van der Waals surface area contributed by atoms with Crippen molar-refractivity contribution in [1.29, 1.82) is 5.26 Å². The quantitative estimate of drug-likeness (QED) is 0.174. The Kier molecular flexibility index (Phi) is 10.5. The van der Waals surface area contributed by atoms with Gasteiger partial charge in [-0.2, -0.15) is 5.26 Å². The number of aliphatic hydroxyl groups is 2. The largest absolute Gasteiger partial charge is 0.469 e. The molecular weight excluding hydrogens is 561 g/mol. The molecule has 8 nitrogen and oxygen atoms in total. The van der Waals surface area contributed by atoms with Crippen molar-refractivity contribution in [2.75, 3.05) is 12.4 Å². The van der Waals surface area contributed by atoms with E-state index in [1.165, 1.54) is 25.3 Å². The number of hydrogen-bond donors (Lipinski definition) is 3. The first-order valence-corrected chi connectivity index (χ1v) is 14.1. The molecule has 1 amide bonds. The second-order valence-electron chi connectivity index (χ2n) is 10.6. The van der Waals surface area contributed by atoms with Crippen LogP contribution >= 0.6 is 0 Å². The van der Waals surface area contributed by atoms with Crippen molar-refractivity contribution >= 4 is 23.6 Å². The Morgan fingerprint density at radius 3 is 2.32 bits per heavy atom. The SMILES string of the molecule is COC(=O)C[C@H](O)C[C@H](O)/C=C/c1c(-c2ccc(F)cc2)c(-c2ccccc2)c(C(=O)Nc2cccc(C#N)c2)n1C(C)C. The van der Waals surface area contributed by atoms with Crippen molar-refractivity contribution < 1.29 is 28.9 Å². The third-order valence-electron chi connectivity index (χ3n) is 7.04. The van der Waals surface area contributed by atoms with Crippen molar-refractivity contribution in [3.63, 3.8) is 0 Å². The Morgan fingerprint density at radius 2 is 1.68 bits per heavy atom. The maximum Gasteiger partial charge on any atom is 0.308 e. The number of halogens is 1. The van der Waals surface area contributed by atoms with Crippen LogP contribution in [0.2, 0.25) is 0 Å². The number of esters is 1. The van der Waals surface area contributed by atoms with Gasteiger partial charge in [0.05, 0.1) is 37.4 Å². The minimum absolute atomic E-state index is 0.117. The van der Waals surface area contributed by atoms with E-state index in [4.69, 9.17) is 0 Å². The van der Waals surface area contributed by atoms with Crippen molar-refractivity contribution in [2.45, 2.75) is 44.9 Å². The summed E-state index contributed by atoms with van der Waals surface area (Å²) in [7, 11) is 1.22. The predicted octanol–water partition coefficient (Wildman–Crippen LogP) is 6.35. The number of hydrogen-bond acceptors (Lipinski definition) is 6. The maximum atomic E-state index is 14.2. The van der Waals surface area contributed by atoms with E-state index in [-0.39, 0.29) is 18.9 Å². The van der Waals surface area contributed by atoms with Gasteiger partial charge >= 0.3 is 5.97 Å². The fraction of sp³-hybridized carbons (Fsp3) is 0.229. The second kappa shape index (κ2) is 14.4. The van der Waals surface area contributed by atoms with Crippen molar-refractivity contribution in [1.82, 2.24) is 4.57 Å². The van der Waals surface area contributed by atoms with Gasteiger partial charge in [0.15, 0.2) is 0 Å². The molecule has 3 aromatic carbocycles. The lowest BCUT2D eigenvalue weighted by molar-refractivity contribution is -0.143. The minimum Gasteiger partial charge on any atom is -0.469 e. The van der Waals surface area contributed by atoms with Gasteiger partial charge < -0.3 is 24.8 Å². The van der Waals surface area contributed by atoms with E-state index < -0.39 is 29.9 Å². The number of ether oxygens (including phenoxy) is 1. The van der Waals surface area contributed by atoms with Gasteiger partial charge in [-0.05, 0) is 61.4 Å². The highest BCUT2D eigenvalue weighted by molar-refractivity contribution is 6.12. The lowest BCUT2D eigenvalue weighted by Crippen LogP contribution is -2.20. The number of amides is 1. The molecular formula is C35H34FN3O5. The fourth-order valence-corrected chi connectivity index (χ4v) is 5.10. The Labute approximate surface area is 255 Å². The third-order valence-corrected chi connectivity index (χ3v) is 7.04. The molecule has 3 N–H and O–H groups in total. The number of nitriles is 1. The highest BCUT2D eigenvalue weighted by Crippen LogP contribution is 2.43. The number of anilines is 1. The van der Waals surface area contributed by atoms with Crippen LogP contribution in [0, 0.1) is 17.1 Å². The molecule has 2 atom stereocenters. The number of carbonyl (C=O) groups excluding carboxylic acids is 2. The van der Waals surface area contributed by atoms with Crippen LogP contribution in [0.1, 0.15) is 54.5 Å². The average molecular weight is 596 g/mol. The van der Waals surface area contributed by atoms with E-state index in [1.807, 2.05) is 48.7 Å². The number of benzene rings is 3. The van der Waals surface area contributed by atoms with E-state index in [2.05, 4.69) is 16.1 Å². The summed E-state index contributed by atoms with van der Waals surface area (Å²) in [6.07, 6.45) is 0.537. The molecule has 44 heavy (non-hydrogen) atoms. The number of nitrogens with zero attached hydrogens (tertiary/aromatic N) is 2. The molecule has 0 aliphatic rings. The summed E-state index contributed by atoms with van der Waals surface area (Å²) in [5, 5.41) is 33.3. The fourth-order valence-electron chi connectivity index (χ4n) is 5.10. The second-order valence-corrected chi connectivity index (χ2v) is 10.6. The Hall–Kier alpha value is -5.04. The highest BCUT2D eigenvalue weighted by Gasteiger charge is 2.29. The zero-order chi connectivity index (χ0) is 31.8. The van der Waals surface area contributed by atoms with Crippen LogP contribution in [0.15, 0.2) is 84.9 Å². The Bertz CT molecular complexity index is 1690. The molecule has 0 saturated heterocycles. The van der Waals surface area contributed by atoms with E-state index >= 15 is 0 Å². The highest BCUT2D eigenvalue weighted by atomic mass is 19.1. The Balaban J connectivity index is 1.94. The van der Waals surface area contributed by atoms with Crippen LogP contribution < -0.4 is 5.32 Å². The Morgan fingerprint density at radius 1 is 1.00 bits per heavy atom. The standard InChI is InChI=1S/C35H34FN3O5/c1-22(2)39-30(17-16-28(40)19-29(41)20-31(42)44-3)32(25-12-14-26(36)15-13-25)33(24-9-5-4-6-10-24)34(39)35(43)38-27-11-7-8-23(18-27)21-37/h4-18,22,28-29,40-41H,19-20H2,1-3H3,(H,38,43)/b17-16+/t28-,29-/m1/s1. The molecule has 0 saturated carbocycles. The molecule has 0 aliphatic heterocycles. The lowest BCUT2D eigenvalue weighted by atomic mass is 9.94. The minimum atomic E-state index is -1.13. The summed E-state index contributed by atoms with van der Waals surface area (Å²) >= 11 is 0. The van der Waals surface area contributed by atoms with Crippen LogP contribution in [0.3, 0.4) is 0 Å². The summed E-state index contributed by atoms with van der Waals surface area (Å²) in [5.41, 5.74) is 4.36. The summed E-state index contributed by atoms with van der Waals surface area (Å²) < 4.78 is 20.5. The van der Waals surface area contributed by atoms with Crippen LogP contribution in [0.5, 0.6) is 0 Å². The molecule has 0 aliphatic carbocycles. The first-order valence-electron chi connectivity index (χ1n) is 14.1. The molecule has 0 radical (unpaired) electrons. The molecule has 1 aromatic heterocycles. The van der Waals surface area contributed by atoms with E-state index in [1.54, 1.807) is 42.5 Å². The van der Waals surface area contributed by atoms with Gasteiger partial charge in [0.1, 0.15) is 11.5 Å². The molecule has 0 bridgehead atoms. The van der Waals surface area contributed by atoms with Gasteiger partial charge in [0.25, 0.3) is 5.91 Å². The number of nitrogens with one attached hydrogen (secondary N) is 1. The van der Waals surface area contributed by atoms with Gasteiger partial charge in [-0.1, -0.05) is 54.6 Å². The van der Waals surface area contributed by atoms with Gasteiger partial charge in [-0.25, -0.2) is 4.39 Å². The van der Waals surface area contributed by atoms with E-state index in [0.717, 1.165) is 5.56 Å². The number of aliphatic hydroxyl groups excluding tert-OH is 2. The van der Waals surface area contributed by atoms with Gasteiger partial charge in [-0.3, -0.25) is 9.59 Å². The first kappa shape index (κ1) is 31.9. The molecule has 4 rings (SSSR count). The number of aromatic nitrogens is 1. The third kappa shape index (κ3) is 7.48. The molecule has 9 heteroatoms. The van der Waals surface area contributed by atoms with Gasteiger partial charge in [0.2, 0.25) is 0 Å². The van der Waals surface area contributed by atoms with Crippen LogP contribution in [-0.4, -0.2) is 46.0 Å².